The van der Waals surface area contributed by atoms with Crippen molar-refractivity contribution < 1.29 is 5.21 Å². The first kappa shape index (κ1) is 10.0. The third kappa shape index (κ3) is 1.16. The largest absolute Gasteiger partial charge is 0.428 e. The van der Waals surface area contributed by atoms with E-state index in [2.05, 4.69) is 11.9 Å². The molecule has 2 aromatic heterocycles. The predicted octanol–water partition coefficient (Wildman–Crippen LogP) is 2.82. The van der Waals surface area contributed by atoms with Crippen molar-refractivity contribution in [2.45, 2.75) is 34.6 Å². The lowest BCUT2D eigenvalue weighted by molar-refractivity contribution is 0.176. The molecule has 0 atom stereocenters. The fraction of sp³-hybridized carbons (Fsp3) is 0.417. The topological polar surface area (TPSA) is 38.0 Å². The maximum absolute atomic E-state index is 9.86. The second-order valence-corrected chi connectivity index (χ2v) is 4.14. The lowest BCUT2D eigenvalue weighted by Gasteiger charge is -2.05. The number of aryl methyl sites for hydroxylation is 5. The maximum Gasteiger partial charge on any atom is 0.0636 e. The summed E-state index contributed by atoms with van der Waals surface area (Å²) in [6, 6.07) is 0. The van der Waals surface area contributed by atoms with Crippen LogP contribution in [0.15, 0.2) is 0 Å². The summed E-state index contributed by atoms with van der Waals surface area (Å²) >= 11 is 0. The molecule has 3 nitrogen and oxygen atoms in total. The first-order valence-corrected chi connectivity index (χ1v) is 5.09. The molecule has 0 aliphatic carbocycles. The van der Waals surface area contributed by atoms with Gasteiger partial charge < -0.3 is 5.21 Å². The zero-order valence-electron chi connectivity index (χ0n) is 9.84. The Morgan fingerprint density at radius 2 is 1.40 bits per heavy atom. The maximum atomic E-state index is 9.86. The fourth-order valence-electron chi connectivity index (χ4n) is 2.30. The molecule has 0 fully saturated rings. The second-order valence-electron chi connectivity index (χ2n) is 4.14. The van der Waals surface area contributed by atoms with E-state index in [9.17, 15) is 5.21 Å². The van der Waals surface area contributed by atoms with Crippen molar-refractivity contribution in [1.82, 2.24) is 9.71 Å². The zero-order valence-corrected chi connectivity index (χ0v) is 9.84. The molecule has 15 heavy (non-hydrogen) atoms. The number of pyridine rings is 1. The molecule has 80 valence electrons. The highest BCUT2D eigenvalue weighted by molar-refractivity contribution is 5.93. The first-order chi connectivity index (χ1) is 6.95. The average molecular weight is 204 g/mol. The molecule has 2 rings (SSSR count). The summed E-state index contributed by atoms with van der Waals surface area (Å²) in [6.07, 6.45) is 0. The van der Waals surface area contributed by atoms with Crippen molar-refractivity contribution >= 4 is 10.8 Å². The van der Waals surface area contributed by atoms with Gasteiger partial charge in [-0.1, -0.05) is 0 Å². The Kier molecular flexibility index (Phi) is 2.00. The normalized spacial score (nSPS) is 11.3. The number of aromatic nitrogens is 2. The minimum atomic E-state index is 0.871. The van der Waals surface area contributed by atoms with Crippen LogP contribution in [-0.2, 0) is 0 Å². The number of hydrogen-bond acceptors (Lipinski definition) is 2. The van der Waals surface area contributed by atoms with Crippen LogP contribution in [0.4, 0.5) is 0 Å². The van der Waals surface area contributed by atoms with Crippen LogP contribution in [0.1, 0.15) is 28.3 Å². The molecular formula is C12H16N2O. The van der Waals surface area contributed by atoms with Gasteiger partial charge in [-0.05, 0) is 40.2 Å². The van der Waals surface area contributed by atoms with E-state index in [1.807, 2.05) is 27.7 Å². The highest BCUT2D eigenvalue weighted by Crippen LogP contribution is 2.30. The quantitative estimate of drug-likeness (QED) is 0.670. The zero-order chi connectivity index (χ0) is 11.3. The van der Waals surface area contributed by atoms with Crippen LogP contribution in [-0.4, -0.2) is 14.9 Å². The summed E-state index contributed by atoms with van der Waals surface area (Å²) in [6.45, 7) is 9.89. The molecule has 0 bridgehead atoms. The molecule has 0 aromatic carbocycles. The molecule has 3 heteroatoms. The molecule has 0 amide bonds. The highest BCUT2D eigenvalue weighted by Gasteiger charge is 2.16. The van der Waals surface area contributed by atoms with Gasteiger partial charge in [-0.3, -0.25) is 4.98 Å². The lowest BCUT2D eigenvalue weighted by atomic mass is 10.0. The monoisotopic (exact) mass is 204 g/mol. The third-order valence-corrected chi connectivity index (χ3v) is 3.22. The van der Waals surface area contributed by atoms with E-state index < -0.39 is 0 Å². The van der Waals surface area contributed by atoms with Crippen molar-refractivity contribution in [3.63, 3.8) is 0 Å². The summed E-state index contributed by atoms with van der Waals surface area (Å²) in [5.74, 6) is 0. The minimum Gasteiger partial charge on any atom is -0.428 e. The van der Waals surface area contributed by atoms with Crippen LogP contribution in [0.2, 0.25) is 0 Å². The van der Waals surface area contributed by atoms with Crippen molar-refractivity contribution in [3.05, 3.63) is 28.3 Å². The van der Waals surface area contributed by atoms with Crippen LogP contribution in [0.3, 0.4) is 0 Å². The lowest BCUT2D eigenvalue weighted by Crippen LogP contribution is -1.94. The fourth-order valence-corrected chi connectivity index (χ4v) is 2.30. The summed E-state index contributed by atoms with van der Waals surface area (Å²) in [5, 5.41) is 12.1. The van der Waals surface area contributed by atoms with Gasteiger partial charge in [-0.25, -0.2) is 0 Å². The van der Waals surface area contributed by atoms with Crippen LogP contribution < -0.4 is 0 Å². The smallest absolute Gasteiger partial charge is 0.0636 e. The Labute approximate surface area is 89.3 Å². The van der Waals surface area contributed by atoms with Gasteiger partial charge in [0.2, 0.25) is 0 Å². The minimum absolute atomic E-state index is 0.871. The van der Waals surface area contributed by atoms with E-state index in [0.29, 0.717) is 0 Å². The van der Waals surface area contributed by atoms with Crippen LogP contribution >= 0.6 is 0 Å². The van der Waals surface area contributed by atoms with Crippen molar-refractivity contribution in [2.75, 3.05) is 0 Å². The van der Waals surface area contributed by atoms with Crippen molar-refractivity contribution in [2.24, 2.45) is 0 Å². The Balaban J connectivity index is 3.10. The summed E-state index contributed by atoms with van der Waals surface area (Å²) in [5.41, 5.74) is 4.95. The second kappa shape index (κ2) is 2.99. The van der Waals surface area contributed by atoms with E-state index >= 15 is 0 Å². The molecular weight excluding hydrogens is 188 g/mol. The van der Waals surface area contributed by atoms with Gasteiger partial charge in [0, 0.05) is 22.2 Å². The first-order valence-electron chi connectivity index (χ1n) is 5.09. The average Bonchev–Trinajstić information content (AvgIpc) is 2.40. The molecule has 0 saturated heterocycles. The van der Waals surface area contributed by atoms with E-state index in [1.165, 1.54) is 4.73 Å². The SMILES string of the molecule is Cc1nc(C)c2c(C)n(O)c(C)c2c1C. The molecule has 0 aliphatic heterocycles. The number of nitrogens with zero attached hydrogens (tertiary/aromatic N) is 2. The Morgan fingerprint density at radius 3 is 2.00 bits per heavy atom. The third-order valence-electron chi connectivity index (χ3n) is 3.22. The van der Waals surface area contributed by atoms with E-state index in [1.54, 1.807) is 0 Å². The van der Waals surface area contributed by atoms with Crippen LogP contribution in [0.5, 0.6) is 0 Å². The molecule has 2 heterocycles. The van der Waals surface area contributed by atoms with E-state index in [0.717, 1.165) is 39.1 Å². The predicted molar refractivity (Wildman–Crippen MR) is 60.6 cm³/mol. The van der Waals surface area contributed by atoms with E-state index in [-0.39, 0.29) is 0 Å². The van der Waals surface area contributed by atoms with Crippen molar-refractivity contribution in [1.29, 1.82) is 0 Å². The molecule has 0 saturated carbocycles. The van der Waals surface area contributed by atoms with Gasteiger partial charge in [-0.15, -0.1) is 0 Å². The molecule has 1 N–H and O–H groups in total. The van der Waals surface area contributed by atoms with Crippen molar-refractivity contribution in [3.8, 4) is 0 Å². The van der Waals surface area contributed by atoms with Gasteiger partial charge in [0.05, 0.1) is 11.4 Å². The Hall–Kier alpha value is -1.51. The Bertz CT molecular complexity index is 553. The summed E-state index contributed by atoms with van der Waals surface area (Å²) in [7, 11) is 0. The van der Waals surface area contributed by atoms with Crippen LogP contribution in [0.25, 0.3) is 10.8 Å². The number of rotatable bonds is 0. The van der Waals surface area contributed by atoms with Gasteiger partial charge in [0.25, 0.3) is 0 Å². The molecule has 0 radical (unpaired) electrons. The highest BCUT2D eigenvalue weighted by atomic mass is 16.5. The molecule has 2 aromatic rings. The van der Waals surface area contributed by atoms with Gasteiger partial charge in [0.1, 0.15) is 0 Å². The molecule has 0 aliphatic rings. The molecule has 0 spiro atoms. The summed E-state index contributed by atoms with van der Waals surface area (Å²) < 4.78 is 1.26. The summed E-state index contributed by atoms with van der Waals surface area (Å²) in [4.78, 5) is 4.49. The Morgan fingerprint density at radius 1 is 0.867 bits per heavy atom. The molecule has 0 unspecified atom stereocenters. The van der Waals surface area contributed by atoms with Gasteiger partial charge in [-0.2, -0.15) is 4.73 Å². The number of hydrogen-bond donors (Lipinski definition) is 1. The number of fused-ring (bicyclic) bond motifs is 1. The standard InChI is InChI=1S/C12H16N2O/c1-6-7(2)13-8(3)12-10(5)14(15)9(4)11(6)12/h15H,1-5H3. The van der Waals surface area contributed by atoms with Gasteiger partial charge >= 0.3 is 0 Å². The van der Waals surface area contributed by atoms with Gasteiger partial charge in [0.15, 0.2) is 0 Å². The van der Waals surface area contributed by atoms with E-state index in [4.69, 9.17) is 0 Å². The van der Waals surface area contributed by atoms with Crippen LogP contribution in [0, 0.1) is 34.6 Å².